The lowest BCUT2D eigenvalue weighted by Crippen LogP contribution is -2.50. The number of hydrogen-bond acceptors (Lipinski definition) is 6. The molecular formula is C30H37FN6O2. The van der Waals surface area contributed by atoms with E-state index in [2.05, 4.69) is 33.1 Å². The Morgan fingerprint density at radius 1 is 1.13 bits per heavy atom. The van der Waals surface area contributed by atoms with Gasteiger partial charge in [0.25, 0.3) is 0 Å². The van der Waals surface area contributed by atoms with Gasteiger partial charge in [-0.15, -0.1) is 0 Å². The van der Waals surface area contributed by atoms with E-state index in [-0.39, 0.29) is 30.2 Å². The molecule has 1 fully saturated rings. The lowest BCUT2D eigenvalue weighted by atomic mass is 9.94. The summed E-state index contributed by atoms with van der Waals surface area (Å²) in [6, 6.07) is 15.5. The van der Waals surface area contributed by atoms with Gasteiger partial charge < -0.3 is 27.4 Å². The Morgan fingerprint density at radius 3 is 2.62 bits per heavy atom. The fourth-order valence-corrected chi connectivity index (χ4v) is 4.97. The van der Waals surface area contributed by atoms with E-state index in [4.69, 9.17) is 11.5 Å². The molecule has 1 saturated heterocycles. The van der Waals surface area contributed by atoms with Gasteiger partial charge in [0.1, 0.15) is 17.7 Å². The number of nitrogens with one attached hydrogen (secondary N) is 3. The summed E-state index contributed by atoms with van der Waals surface area (Å²) in [5.41, 5.74) is 17.1. The summed E-state index contributed by atoms with van der Waals surface area (Å²) in [6.07, 6.45) is 2.57. The molecule has 0 unspecified atom stereocenters. The first-order valence-corrected chi connectivity index (χ1v) is 13.3. The number of aromatic nitrogens is 1. The van der Waals surface area contributed by atoms with Crippen LogP contribution < -0.4 is 27.4 Å². The second-order valence-electron chi connectivity index (χ2n) is 10.2. The van der Waals surface area contributed by atoms with Crippen molar-refractivity contribution in [3.8, 4) is 11.1 Å². The van der Waals surface area contributed by atoms with Crippen LogP contribution in [0.5, 0.6) is 0 Å². The number of anilines is 1. The van der Waals surface area contributed by atoms with E-state index in [9.17, 15) is 14.0 Å². The third kappa shape index (κ3) is 7.40. The summed E-state index contributed by atoms with van der Waals surface area (Å²) < 4.78 is 13.5. The average molecular weight is 533 g/mol. The van der Waals surface area contributed by atoms with Gasteiger partial charge in [0, 0.05) is 18.8 Å². The summed E-state index contributed by atoms with van der Waals surface area (Å²) in [6.45, 7) is 4.88. The van der Waals surface area contributed by atoms with Crippen molar-refractivity contribution in [1.82, 2.24) is 20.9 Å². The van der Waals surface area contributed by atoms with Crippen molar-refractivity contribution in [2.45, 2.75) is 58.3 Å². The topological polar surface area (TPSA) is 135 Å². The quantitative estimate of drug-likeness (QED) is 0.273. The minimum atomic E-state index is -0.653. The predicted octanol–water partition coefficient (Wildman–Crippen LogP) is 2.97. The van der Waals surface area contributed by atoms with Crippen LogP contribution in [0.15, 0.2) is 54.6 Å². The molecule has 0 aliphatic carbocycles. The second-order valence-corrected chi connectivity index (χ2v) is 10.2. The molecule has 2 aromatic carbocycles. The van der Waals surface area contributed by atoms with Gasteiger partial charge in [-0.3, -0.25) is 9.59 Å². The van der Waals surface area contributed by atoms with Gasteiger partial charge in [0.15, 0.2) is 0 Å². The Bertz CT molecular complexity index is 1310. The number of halogens is 1. The van der Waals surface area contributed by atoms with Crippen LogP contribution >= 0.6 is 0 Å². The van der Waals surface area contributed by atoms with E-state index < -0.39 is 6.04 Å². The monoisotopic (exact) mass is 532 g/mol. The first-order valence-electron chi connectivity index (χ1n) is 13.3. The molecule has 0 radical (unpaired) electrons. The Balaban J connectivity index is 1.21. The minimum Gasteiger partial charge on any atom is -0.384 e. The van der Waals surface area contributed by atoms with E-state index in [1.807, 2.05) is 25.1 Å². The van der Waals surface area contributed by atoms with E-state index in [0.717, 1.165) is 53.8 Å². The summed E-state index contributed by atoms with van der Waals surface area (Å²) in [7, 11) is 0. The lowest BCUT2D eigenvalue weighted by Gasteiger charge is -2.17. The lowest BCUT2D eigenvalue weighted by molar-refractivity contribution is -0.129. The van der Waals surface area contributed by atoms with Crippen LogP contribution in [-0.2, 0) is 29.1 Å². The number of benzene rings is 2. The van der Waals surface area contributed by atoms with Crippen LogP contribution in [0.25, 0.3) is 11.1 Å². The molecule has 0 saturated carbocycles. The Morgan fingerprint density at radius 2 is 1.90 bits per heavy atom. The van der Waals surface area contributed by atoms with E-state index in [0.29, 0.717) is 18.3 Å². The number of amides is 2. The van der Waals surface area contributed by atoms with Gasteiger partial charge in [-0.2, -0.15) is 0 Å². The van der Waals surface area contributed by atoms with Crippen LogP contribution in [0, 0.1) is 18.7 Å². The molecule has 7 N–H and O–H groups in total. The summed E-state index contributed by atoms with van der Waals surface area (Å²) in [5.74, 6) is 0.104. The largest absolute Gasteiger partial charge is 0.384 e. The number of nitrogen functional groups attached to an aromatic ring is 1. The van der Waals surface area contributed by atoms with Crippen molar-refractivity contribution in [3.63, 3.8) is 0 Å². The molecule has 2 heterocycles. The van der Waals surface area contributed by atoms with Gasteiger partial charge in [-0.05, 0) is 91.6 Å². The van der Waals surface area contributed by atoms with Crippen molar-refractivity contribution in [2.24, 2.45) is 11.7 Å². The Hall–Kier alpha value is -3.82. The van der Waals surface area contributed by atoms with E-state index in [1.165, 1.54) is 17.7 Å². The summed E-state index contributed by atoms with van der Waals surface area (Å²) >= 11 is 0. The first kappa shape index (κ1) is 28.2. The number of pyridine rings is 1. The molecular weight excluding hydrogens is 495 g/mol. The van der Waals surface area contributed by atoms with Crippen molar-refractivity contribution in [3.05, 3.63) is 82.8 Å². The van der Waals surface area contributed by atoms with Gasteiger partial charge in [0.05, 0.1) is 6.04 Å². The molecule has 3 aromatic rings. The van der Waals surface area contributed by atoms with Crippen molar-refractivity contribution >= 4 is 17.6 Å². The molecule has 8 nitrogen and oxygen atoms in total. The van der Waals surface area contributed by atoms with E-state index in [1.54, 1.807) is 19.1 Å². The van der Waals surface area contributed by atoms with Crippen molar-refractivity contribution in [2.75, 3.05) is 12.3 Å². The summed E-state index contributed by atoms with van der Waals surface area (Å²) in [4.78, 5) is 29.5. The fourth-order valence-electron chi connectivity index (χ4n) is 4.97. The normalized spacial score (nSPS) is 17.5. The summed E-state index contributed by atoms with van der Waals surface area (Å²) in [5, 5.41) is 8.98. The van der Waals surface area contributed by atoms with Gasteiger partial charge in [0.2, 0.25) is 11.8 Å². The molecule has 0 bridgehead atoms. The standard InChI is InChI=1S/C30H37FN6O2/c1-18-23(9-12-28(33)36-18)17-35-29(38)19(2)37-30(39)27-13-21(16-34-27)4-3-20-5-7-22(8-6-20)26-11-10-25(31)14-24(26)15-32/h5-12,14,19,21,27,34H,3-4,13,15-17,32H2,1-2H3,(H2,33,36)(H,35,38)(H,37,39)/t19-,21-,27+/m0/s1. The first-order chi connectivity index (χ1) is 18.7. The van der Waals surface area contributed by atoms with Crippen LogP contribution in [0.3, 0.4) is 0 Å². The smallest absolute Gasteiger partial charge is 0.242 e. The number of aryl methyl sites for hydroxylation is 2. The second kappa shape index (κ2) is 12.8. The maximum Gasteiger partial charge on any atom is 0.242 e. The van der Waals surface area contributed by atoms with Crippen LogP contribution in [0.2, 0.25) is 0 Å². The molecule has 4 rings (SSSR count). The number of nitrogens with zero attached hydrogens (tertiary/aromatic N) is 1. The van der Waals surface area contributed by atoms with Crippen LogP contribution in [-0.4, -0.2) is 35.4 Å². The highest BCUT2D eigenvalue weighted by Gasteiger charge is 2.30. The highest BCUT2D eigenvalue weighted by molar-refractivity contribution is 5.89. The highest BCUT2D eigenvalue weighted by atomic mass is 19.1. The Kier molecular flexibility index (Phi) is 9.27. The van der Waals surface area contributed by atoms with Gasteiger partial charge >= 0.3 is 0 Å². The number of hydrogen-bond donors (Lipinski definition) is 5. The van der Waals surface area contributed by atoms with Gasteiger partial charge in [-0.1, -0.05) is 36.4 Å². The molecule has 1 aliphatic rings. The predicted molar refractivity (Wildman–Crippen MR) is 151 cm³/mol. The van der Waals surface area contributed by atoms with E-state index >= 15 is 0 Å². The fraction of sp³-hybridized carbons (Fsp3) is 0.367. The highest BCUT2D eigenvalue weighted by Crippen LogP contribution is 2.26. The molecule has 39 heavy (non-hydrogen) atoms. The SMILES string of the molecule is Cc1nc(N)ccc1CNC(=O)[C@H](C)NC(=O)[C@H]1C[C@H](CCc2ccc(-c3ccc(F)cc3CN)cc2)CN1. The maximum atomic E-state index is 13.5. The van der Waals surface area contributed by atoms with Crippen LogP contribution in [0.4, 0.5) is 10.2 Å². The number of carbonyl (C=O) groups is 2. The third-order valence-corrected chi connectivity index (χ3v) is 7.35. The molecule has 3 atom stereocenters. The molecule has 1 aromatic heterocycles. The number of carbonyl (C=O) groups excluding carboxylic acids is 2. The average Bonchev–Trinajstić information content (AvgIpc) is 3.41. The van der Waals surface area contributed by atoms with Crippen molar-refractivity contribution in [1.29, 1.82) is 0 Å². The number of nitrogens with two attached hydrogens (primary N) is 2. The number of rotatable bonds is 10. The zero-order valence-electron chi connectivity index (χ0n) is 22.5. The molecule has 9 heteroatoms. The maximum absolute atomic E-state index is 13.5. The molecule has 2 amide bonds. The third-order valence-electron chi connectivity index (χ3n) is 7.35. The molecule has 1 aliphatic heterocycles. The Labute approximate surface area is 228 Å². The minimum absolute atomic E-state index is 0.162. The zero-order valence-corrected chi connectivity index (χ0v) is 22.5. The zero-order chi connectivity index (χ0) is 27.9. The van der Waals surface area contributed by atoms with Gasteiger partial charge in [-0.25, -0.2) is 9.37 Å². The molecule has 0 spiro atoms. The van der Waals surface area contributed by atoms with Crippen LogP contribution in [0.1, 0.15) is 42.1 Å². The molecule has 206 valence electrons. The van der Waals surface area contributed by atoms with Crippen molar-refractivity contribution < 1.29 is 14.0 Å².